The maximum absolute atomic E-state index is 10.0. The van der Waals surface area contributed by atoms with E-state index < -0.39 is 0 Å². The zero-order valence-corrected chi connectivity index (χ0v) is 21.3. The van der Waals surface area contributed by atoms with E-state index in [4.69, 9.17) is 0 Å². The summed E-state index contributed by atoms with van der Waals surface area (Å²) in [6.07, 6.45) is 0.250. The van der Waals surface area contributed by atoms with Crippen molar-refractivity contribution in [3.63, 3.8) is 0 Å². The molecule has 0 aromatic heterocycles. The smallest absolute Gasteiger partial charge is 0.137 e. The molecule has 0 aromatic carbocycles. The van der Waals surface area contributed by atoms with Gasteiger partial charge in [-0.2, -0.15) is 0 Å². The molecule has 8 heteroatoms. The third-order valence-corrected chi connectivity index (χ3v) is 1.49. The van der Waals surface area contributed by atoms with Gasteiger partial charge >= 0.3 is 0 Å². The molecule has 0 spiro atoms. The molecule has 0 unspecified atom stereocenters. The van der Waals surface area contributed by atoms with Crippen molar-refractivity contribution >= 4 is 86.4 Å². The number of hydrogen-bond donors (Lipinski definition) is 0. The van der Waals surface area contributed by atoms with Crippen LogP contribution in [0, 0.1) is 0 Å². The van der Waals surface area contributed by atoms with Gasteiger partial charge in [0.1, 0.15) is 34.7 Å². The molecule has 0 aliphatic rings. The van der Waals surface area contributed by atoms with Gasteiger partial charge in [-0.15, -0.1) is 0 Å². The van der Waals surface area contributed by atoms with Gasteiger partial charge < -0.3 is 0 Å². The Balaban J connectivity index is -0.0000000675. The number of hydrogen-bond acceptors (Lipinski definition) is 6. The topological polar surface area (TPSA) is 102 Å². The van der Waals surface area contributed by atoms with Crippen molar-refractivity contribution < 1.29 is 28.8 Å². The molecule has 0 atom stereocenters. The first-order valence-electron chi connectivity index (χ1n) is 6.35. The van der Waals surface area contributed by atoms with Crippen molar-refractivity contribution in [2.24, 2.45) is 0 Å². The molecule has 0 rings (SSSR count). The molecule has 0 N–H and O–H groups in total. The van der Waals surface area contributed by atoms with Crippen molar-refractivity contribution in [2.45, 2.75) is 60.8 Å². The van der Waals surface area contributed by atoms with Crippen molar-refractivity contribution in [1.82, 2.24) is 0 Å². The third kappa shape index (κ3) is 61.4. The van der Waals surface area contributed by atoms with Crippen LogP contribution in [0.4, 0.5) is 0 Å². The van der Waals surface area contributed by atoms with Crippen molar-refractivity contribution in [3.05, 3.63) is 0 Å². The molecule has 0 bridgehead atoms. The van der Waals surface area contributed by atoms with Crippen LogP contribution in [0.3, 0.4) is 0 Å². The van der Waals surface area contributed by atoms with Crippen LogP contribution < -0.4 is 0 Å². The number of ketones is 6. The Hall–Kier alpha value is -0.240. The van der Waals surface area contributed by atoms with Crippen LogP contribution in [-0.4, -0.2) is 86.4 Å². The Kier molecular flexibility index (Phi) is 32.3. The fourth-order valence-electron chi connectivity index (χ4n) is 1.05. The second-order valence-electron chi connectivity index (χ2n) is 4.74. The fraction of sp³-hybridized carbons (Fsp3) is 0.600. The van der Waals surface area contributed by atoms with E-state index in [0.29, 0.717) is 0 Å². The maximum Gasteiger partial charge on any atom is 0.137 e. The van der Waals surface area contributed by atoms with Gasteiger partial charge in [-0.1, -0.05) is 0 Å². The van der Waals surface area contributed by atoms with Gasteiger partial charge in [0, 0.05) is 51.7 Å². The summed E-state index contributed by atoms with van der Waals surface area (Å²) in [4.78, 5) is 60.2. The molecule has 6 nitrogen and oxygen atoms in total. The van der Waals surface area contributed by atoms with Gasteiger partial charge in [-0.3, -0.25) is 28.8 Å². The minimum atomic E-state index is -0.0625. The summed E-state index contributed by atoms with van der Waals surface area (Å²) in [6.45, 7) is 8.42. The molecule has 0 aliphatic heterocycles. The minimum Gasteiger partial charge on any atom is -0.300 e. The third-order valence-electron chi connectivity index (χ3n) is 1.49. The van der Waals surface area contributed by atoms with E-state index in [-0.39, 0.29) is 106 Å². The summed E-state index contributed by atoms with van der Waals surface area (Å²) in [6, 6.07) is 0. The van der Waals surface area contributed by atoms with E-state index >= 15 is 0 Å². The predicted octanol–water partition coefficient (Wildman–Crippen LogP) is 0.902. The average molecular weight is 530 g/mol. The van der Waals surface area contributed by atoms with Crippen LogP contribution in [-0.2, 0) is 28.8 Å². The Morgan fingerprint density at radius 2 is 0.478 bits per heavy atom. The van der Waals surface area contributed by atoms with Crippen molar-refractivity contribution in [3.8, 4) is 0 Å². The normalized spacial score (nSPS) is 7.57. The summed E-state index contributed by atoms with van der Waals surface area (Å²) in [7, 11) is 0. The molecule has 0 amide bonds. The molecule has 0 saturated heterocycles. The quantitative estimate of drug-likeness (QED) is 0.474. The average Bonchev–Trinajstić information content (AvgIpc) is 2.10. The molecular formula is C15H24In2O6. The minimum absolute atomic E-state index is 0. The predicted molar refractivity (Wildman–Crippen MR) is 89.4 cm³/mol. The summed E-state index contributed by atoms with van der Waals surface area (Å²) < 4.78 is 0. The largest absolute Gasteiger partial charge is 0.300 e. The summed E-state index contributed by atoms with van der Waals surface area (Å²) >= 11 is 0. The fourth-order valence-corrected chi connectivity index (χ4v) is 1.05. The first-order chi connectivity index (χ1) is 9.38. The SMILES string of the molecule is CC(=O)CC(C)=O.CC(=O)CC(C)=O.CC(=O)CC(C)=O.[In].[In]. The summed E-state index contributed by atoms with van der Waals surface area (Å²) in [5, 5.41) is 0. The standard InChI is InChI=1S/3C5H8O2.2In/c3*1-4(6)3-5(2)7;;/h3*3H2,1-2H3;;. The number of Topliss-reactive ketones (excluding diaryl/α,β-unsaturated/α-hetero) is 6. The van der Waals surface area contributed by atoms with Crippen molar-refractivity contribution in [2.75, 3.05) is 0 Å². The zero-order valence-electron chi connectivity index (χ0n) is 14.7. The molecule has 23 heavy (non-hydrogen) atoms. The Bertz CT molecular complexity index is 318. The van der Waals surface area contributed by atoms with Crippen LogP contribution >= 0.6 is 0 Å². The molecule has 6 radical (unpaired) electrons. The van der Waals surface area contributed by atoms with E-state index in [0.717, 1.165) is 0 Å². The van der Waals surface area contributed by atoms with Crippen LogP contribution in [0.15, 0.2) is 0 Å². The summed E-state index contributed by atoms with van der Waals surface area (Å²) in [5.41, 5.74) is 0. The summed E-state index contributed by atoms with van der Waals surface area (Å²) in [5.74, 6) is -0.375. The number of carbonyl (C=O) groups excluding carboxylic acids is 6. The monoisotopic (exact) mass is 530 g/mol. The first-order valence-corrected chi connectivity index (χ1v) is 6.35. The Labute approximate surface area is 175 Å². The molecule has 0 saturated carbocycles. The zero-order chi connectivity index (χ0) is 17.6. The van der Waals surface area contributed by atoms with Gasteiger partial charge in [0.25, 0.3) is 0 Å². The Morgan fingerprint density at radius 1 is 0.391 bits per heavy atom. The molecule has 0 aromatic rings. The van der Waals surface area contributed by atoms with Gasteiger partial charge in [-0.05, 0) is 41.5 Å². The van der Waals surface area contributed by atoms with E-state index in [1.54, 1.807) is 0 Å². The van der Waals surface area contributed by atoms with E-state index in [1.165, 1.54) is 41.5 Å². The van der Waals surface area contributed by atoms with Crippen molar-refractivity contribution in [1.29, 1.82) is 0 Å². The van der Waals surface area contributed by atoms with Gasteiger partial charge in [0.2, 0.25) is 0 Å². The van der Waals surface area contributed by atoms with E-state index in [9.17, 15) is 28.8 Å². The molecule has 0 heterocycles. The van der Waals surface area contributed by atoms with E-state index in [2.05, 4.69) is 0 Å². The van der Waals surface area contributed by atoms with Gasteiger partial charge in [0.15, 0.2) is 0 Å². The van der Waals surface area contributed by atoms with Gasteiger partial charge in [-0.25, -0.2) is 0 Å². The Morgan fingerprint density at radius 3 is 0.478 bits per heavy atom. The van der Waals surface area contributed by atoms with Crippen LogP contribution in [0.2, 0.25) is 0 Å². The van der Waals surface area contributed by atoms with E-state index in [1.807, 2.05) is 0 Å². The molecular weight excluding hydrogens is 506 g/mol. The molecule has 0 aliphatic carbocycles. The molecule has 0 fully saturated rings. The second-order valence-corrected chi connectivity index (χ2v) is 4.74. The van der Waals surface area contributed by atoms with Gasteiger partial charge in [0.05, 0.1) is 19.3 Å². The maximum atomic E-state index is 10.0. The van der Waals surface area contributed by atoms with Crippen LogP contribution in [0.5, 0.6) is 0 Å². The number of carbonyl (C=O) groups is 6. The molecule has 126 valence electrons. The van der Waals surface area contributed by atoms with Crippen LogP contribution in [0.1, 0.15) is 60.8 Å². The number of rotatable bonds is 6. The van der Waals surface area contributed by atoms with Crippen LogP contribution in [0.25, 0.3) is 0 Å². The second kappa shape index (κ2) is 21.8. The first kappa shape index (κ1) is 34.2.